The molecule has 0 saturated carbocycles. The standard InChI is InChI=1S/C31H20Cl2IN3O3/c32-19-3-1-2-18(12-19)25-15-28(38)37-29(31(25)24-10-6-20(33)13-26(24)36-30(31)39)23-14-21(34)7-11-27(23)40-22-8-4-17(16-35)5-9-22/h1-14,25,29H,15H2,(H,36,39)(H,37,38)/t25-,29+,31-/m1/s1. The number of benzene rings is 4. The lowest BCUT2D eigenvalue weighted by Gasteiger charge is -2.46. The highest BCUT2D eigenvalue weighted by molar-refractivity contribution is 14.1. The second kappa shape index (κ2) is 10.4. The first-order valence-corrected chi connectivity index (χ1v) is 14.3. The molecular weight excluding hydrogens is 660 g/mol. The molecule has 0 aliphatic carbocycles. The first-order chi connectivity index (χ1) is 19.3. The number of nitriles is 1. The van der Waals surface area contributed by atoms with Crippen molar-refractivity contribution in [3.63, 3.8) is 0 Å². The van der Waals surface area contributed by atoms with Gasteiger partial charge in [-0.1, -0.05) is 41.4 Å². The summed E-state index contributed by atoms with van der Waals surface area (Å²) in [6, 6.07) is 26.4. The van der Waals surface area contributed by atoms with Gasteiger partial charge in [-0.2, -0.15) is 5.26 Å². The number of carbonyl (C=O) groups excluding carboxylic acids is 2. The van der Waals surface area contributed by atoms with Crippen LogP contribution in [0.1, 0.15) is 40.6 Å². The number of carbonyl (C=O) groups is 2. The van der Waals surface area contributed by atoms with E-state index in [9.17, 15) is 14.9 Å². The van der Waals surface area contributed by atoms with E-state index in [-0.39, 0.29) is 18.2 Å². The summed E-state index contributed by atoms with van der Waals surface area (Å²) in [6.45, 7) is 0. The van der Waals surface area contributed by atoms with Gasteiger partial charge in [0.05, 0.1) is 17.7 Å². The van der Waals surface area contributed by atoms with Crippen molar-refractivity contribution in [2.75, 3.05) is 5.32 Å². The zero-order valence-corrected chi connectivity index (χ0v) is 24.4. The topological polar surface area (TPSA) is 91.2 Å². The maximum atomic E-state index is 14.3. The third kappa shape index (κ3) is 4.50. The molecule has 0 bridgehead atoms. The number of amides is 2. The number of ether oxygens (including phenoxy) is 1. The minimum absolute atomic E-state index is 0.0854. The second-order valence-corrected chi connectivity index (χ2v) is 11.9. The molecule has 2 heterocycles. The van der Waals surface area contributed by atoms with Crippen LogP contribution in [0.2, 0.25) is 10.0 Å². The maximum absolute atomic E-state index is 14.3. The molecule has 0 aromatic heterocycles. The third-order valence-electron chi connectivity index (χ3n) is 7.50. The summed E-state index contributed by atoms with van der Waals surface area (Å²) in [5.74, 6) is 0.0266. The molecule has 2 aliphatic heterocycles. The summed E-state index contributed by atoms with van der Waals surface area (Å²) in [5, 5.41) is 16.4. The fraction of sp³-hybridized carbons (Fsp3) is 0.129. The minimum atomic E-state index is -1.23. The Kier molecular flexibility index (Phi) is 6.95. The highest BCUT2D eigenvalue weighted by Crippen LogP contribution is 2.58. The molecule has 1 saturated heterocycles. The van der Waals surface area contributed by atoms with E-state index in [4.69, 9.17) is 27.9 Å². The Hall–Kier alpha value is -3.58. The van der Waals surface area contributed by atoms with Crippen LogP contribution in [-0.4, -0.2) is 11.8 Å². The molecule has 6 nitrogen and oxygen atoms in total. The smallest absolute Gasteiger partial charge is 0.238 e. The van der Waals surface area contributed by atoms with E-state index < -0.39 is 17.4 Å². The van der Waals surface area contributed by atoms with Gasteiger partial charge in [-0.25, -0.2) is 0 Å². The number of piperidine rings is 1. The van der Waals surface area contributed by atoms with Gasteiger partial charge in [-0.15, -0.1) is 0 Å². The van der Waals surface area contributed by atoms with Gasteiger partial charge >= 0.3 is 0 Å². The Morgan fingerprint density at radius 1 is 0.950 bits per heavy atom. The Bertz CT molecular complexity index is 1720. The maximum Gasteiger partial charge on any atom is 0.238 e. The first kappa shape index (κ1) is 26.6. The fourth-order valence-corrected chi connectivity index (χ4v) is 6.72. The van der Waals surface area contributed by atoms with Gasteiger partial charge in [0.25, 0.3) is 0 Å². The third-order valence-corrected chi connectivity index (χ3v) is 8.64. The summed E-state index contributed by atoms with van der Waals surface area (Å²) < 4.78 is 7.23. The molecule has 6 rings (SSSR count). The summed E-state index contributed by atoms with van der Waals surface area (Å²) in [5.41, 5.74) is 2.05. The van der Waals surface area contributed by atoms with Crippen LogP contribution in [0.3, 0.4) is 0 Å². The van der Waals surface area contributed by atoms with E-state index in [1.54, 1.807) is 42.5 Å². The quantitative estimate of drug-likeness (QED) is 0.219. The van der Waals surface area contributed by atoms with E-state index in [1.807, 2.05) is 42.5 Å². The van der Waals surface area contributed by atoms with Crippen molar-refractivity contribution < 1.29 is 14.3 Å². The lowest BCUT2D eigenvalue weighted by atomic mass is 9.59. The van der Waals surface area contributed by atoms with Gasteiger partial charge in [0.1, 0.15) is 16.9 Å². The lowest BCUT2D eigenvalue weighted by molar-refractivity contribution is -0.131. The normalized spacial score (nSPS) is 21.4. The fourth-order valence-electron chi connectivity index (χ4n) is 5.83. The van der Waals surface area contributed by atoms with E-state index in [0.29, 0.717) is 38.4 Å². The molecule has 4 aromatic carbocycles. The van der Waals surface area contributed by atoms with Crippen LogP contribution >= 0.6 is 45.8 Å². The predicted molar refractivity (Wildman–Crippen MR) is 162 cm³/mol. The Labute approximate surface area is 254 Å². The van der Waals surface area contributed by atoms with Gasteiger partial charge < -0.3 is 15.4 Å². The van der Waals surface area contributed by atoms with E-state index in [1.165, 1.54) is 0 Å². The Morgan fingerprint density at radius 3 is 2.48 bits per heavy atom. The summed E-state index contributed by atoms with van der Waals surface area (Å²) in [6.07, 6.45) is 0.0854. The van der Waals surface area contributed by atoms with Crippen LogP contribution in [0.25, 0.3) is 0 Å². The highest BCUT2D eigenvalue weighted by Gasteiger charge is 2.61. The van der Waals surface area contributed by atoms with Crippen molar-refractivity contribution >= 4 is 63.3 Å². The van der Waals surface area contributed by atoms with Crippen molar-refractivity contribution in [2.24, 2.45) is 0 Å². The highest BCUT2D eigenvalue weighted by atomic mass is 127. The molecule has 2 N–H and O–H groups in total. The number of hydrogen-bond donors (Lipinski definition) is 2. The summed E-state index contributed by atoms with van der Waals surface area (Å²) in [4.78, 5) is 27.7. The zero-order valence-electron chi connectivity index (χ0n) is 20.8. The van der Waals surface area contributed by atoms with Crippen LogP contribution in [-0.2, 0) is 15.0 Å². The number of halogens is 3. The number of fused-ring (bicyclic) bond motifs is 2. The first-order valence-electron chi connectivity index (χ1n) is 12.4. The van der Waals surface area contributed by atoms with Gasteiger partial charge in [-0.05, 0) is 100 Å². The molecule has 1 fully saturated rings. The average Bonchev–Trinajstić information content (AvgIpc) is 3.22. The molecule has 9 heteroatoms. The van der Waals surface area contributed by atoms with Crippen LogP contribution in [0.4, 0.5) is 5.69 Å². The van der Waals surface area contributed by atoms with Crippen molar-refractivity contribution in [3.05, 3.63) is 121 Å². The van der Waals surface area contributed by atoms with Crippen molar-refractivity contribution in [3.8, 4) is 17.6 Å². The molecule has 0 unspecified atom stereocenters. The molecule has 40 heavy (non-hydrogen) atoms. The molecule has 2 aliphatic rings. The molecule has 3 atom stereocenters. The van der Waals surface area contributed by atoms with Crippen LogP contribution in [0, 0.1) is 14.9 Å². The van der Waals surface area contributed by atoms with E-state index in [2.05, 4.69) is 39.3 Å². The minimum Gasteiger partial charge on any atom is -0.457 e. The molecule has 4 aromatic rings. The summed E-state index contributed by atoms with van der Waals surface area (Å²) in [7, 11) is 0. The Balaban J connectivity index is 1.58. The van der Waals surface area contributed by atoms with E-state index in [0.717, 1.165) is 14.7 Å². The van der Waals surface area contributed by atoms with Gasteiger partial charge in [0.15, 0.2) is 0 Å². The summed E-state index contributed by atoms with van der Waals surface area (Å²) >= 11 is 14.9. The molecule has 198 valence electrons. The Morgan fingerprint density at radius 2 is 1.73 bits per heavy atom. The van der Waals surface area contributed by atoms with Gasteiger partial charge in [0.2, 0.25) is 11.8 Å². The average molecular weight is 680 g/mol. The van der Waals surface area contributed by atoms with Crippen molar-refractivity contribution in [2.45, 2.75) is 23.8 Å². The van der Waals surface area contributed by atoms with Crippen LogP contribution in [0.5, 0.6) is 11.5 Å². The zero-order chi connectivity index (χ0) is 28.0. The number of anilines is 1. The van der Waals surface area contributed by atoms with Crippen LogP contribution < -0.4 is 15.4 Å². The van der Waals surface area contributed by atoms with Gasteiger partial charge in [-0.3, -0.25) is 9.59 Å². The number of nitrogens with one attached hydrogen (secondary N) is 2. The predicted octanol–water partition coefficient (Wildman–Crippen LogP) is 7.50. The number of rotatable bonds is 4. The largest absolute Gasteiger partial charge is 0.457 e. The van der Waals surface area contributed by atoms with Gasteiger partial charge in [0, 0.05) is 37.2 Å². The molecular formula is C31H20Cl2IN3O3. The molecule has 2 amide bonds. The lowest BCUT2D eigenvalue weighted by Crippen LogP contribution is -2.56. The van der Waals surface area contributed by atoms with E-state index >= 15 is 0 Å². The number of hydrogen-bond acceptors (Lipinski definition) is 4. The van der Waals surface area contributed by atoms with Crippen LogP contribution in [0.15, 0.2) is 84.9 Å². The molecule has 0 radical (unpaired) electrons. The second-order valence-electron chi connectivity index (χ2n) is 9.75. The SMILES string of the molecule is N#Cc1ccc(Oc2ccc(I)cc2[C@@H]2NC(=O)C[C@H](c3cccc(Cl)c3)[C@@]23C(=O)Nc2cc(Cl)ccc23)cc1. The molecule has 1 spiro atoms. The monoisotopic (exact) mass is 679 g/mol. The number of nitrogens with zero attached hydrogens (tertiary/aromatic N) is 1. The van der Waals surface area contributed by atoms with Crippen molar-refractivity contribution in [1.29, 1.82) is 5.26 Å². The van der Waals surface area contributed by atoms with Crippen molar-refractivity contribution in [1.82, 2.24) is 5.32 Å².